The lowest BCUT2D eigenvalue weighted by atomic mass is 9.95. The van der Waals surface area contributed by atoms with Crippen molar-refractivity contribution in [3.05, 3.63) is 60.6 Å². The summed E-state index contributed by atoms with van der Waals surface area (Å²) in [5, 5.41) is 9.11. The van der Waals surface area contributed by atoms with Gasteiger partial charge in [-0.15, -0.1) is 0 Å². The van der Waals surface area contributed by atoms with Crippen LogP contribution in [0.15, 0.2) is 59.4 Å². The number of hydrogen-bond acceptors (Lipinski definition) is 7. The van der Waals surface area contributed by atoms with Gasteiger partial charge >= 0.3 is 0 Å². The number of aryl methyl sites for hydroxylation is 1. The predicted octanol–water partition coefficient (Wildman–Crippen LogP) is 4.83. The van der Waals surface area contributed by atoms with Gasteiger partial charge in [-0.05, 0) is 29.5 Å². The number of aromatic nitrogens is 6. The van der Waals surface area contributed by atoms with Gasteiger partial charge in [-0.2, -0.15) is 15.2 Å². The van der Waals surface area contributed by atoms with Crippen LogP contribution >= 0.6 is 0 Å². The topological polar surface area (TPSA) is 87.0 Å². The van der Waals surface area contributed by atoms with Gasteiger partial charge in [0.1, 0.15) is 11.2 Å². The van der Waals surface area contributed by atoms with Crippen LogP contribution in [0.3, 0.4) is 0 Å². The summed E-state index contributed by atoms with van der Waals surface area (Å²) >= 11 is 0. The number of nitrogens with zero attached hydrogens (tertiary/aromatic N) is 7. The minimum atomic E-state index is 0.502. The quantitative estimate of drug-likeness (QED) is 0.342. The lowest BCUT2D eigenvalue weighted by Gasteiger charge is -2.27. The molecule has 0 radical (unpaired) electrons. The summed E-state index contributed by atoms with van der Waals surface area (Å²) in [7, 11) is 1.89. The zero-order valence-corrected chi connectivity index (χ0v) is 20.8. The van der Waals surface area contributed by atoms with E-state index in [-0.39, 0.29) is 0 Å². The lowest BCUT2D eigenvalue weighted by molar-refractivity contribution is 0.122. The highest BCUT2D eigenvalue weighted by atomic mass is 16.5. The third-order valence-corrected chi connectivity index (χ3v) is 6.81. The van der Waals surface area contributed by atoms with Crippen molar-refractivity contribution >= 4 is 16.9 Å². The molecule has 1 aliphatic heterocycles. The first-order valence-electron chi connectivity index (χ1n) is 12.4. The lowest BCUT2D eigenvalue weighted by Crippen LogP contribution is -2.37. The van der Waals surface area contributed by atoms with Crippen LogP contribution in [0.4, 0.5) is 5.82 Å². The fraction of sp³-hybridized carbons (Fsp3) is 0.333. The Morgan fingerprint density at radius 3 is 2.69 bits per heavy atom. The van der Waals surface area contributed by atoms with Crippen molar-refractivity contribution in [3.63, 3.8) is 0 Å². The molecule has 5 aromatic rings. The molecule has 0 spiro atoms. The molecule has 0 N–H and O–H groups in total. The highest BCUT2D eigenvalue weighted by molar-refractivity contribution is 5.88. The van der Waals surface area contributed by atoms with Crippen LogP contribution < -0.4 is 4.90 Å². The molecule has 9 nitrogen and oxygen atoms in total. The Labute approximate surface area is 209 Å². The molecule has 9 heteroatoms. The van der Waals surface area contributed by atoms with Crippen molar-refractivity contribution in [1.82, 2.24) is 29.5 Å². The minimum absolute atomic E-state index is 0.502. The van der Waals surface area contributed by atoms with Gasteiger partial charge < -0.3 is 14.1 Å². The largest absolute Gasteiger partial charge is 0.449 e. The van der Waals surface area contributed by atoms with Crippen LogP contribution in [0.25, 0.3) is 39.6 Å². The van der Waals surface area contributed by atoms with E-state index < -0.39 is 0 Å². The van der Waals surface area contributed by atoms with Gasteiger partial charge in [0.15, 0.2) is 17.2 Å². The highest BCUT2D eigenvalue weighted by Crippen LogP contribution is 2.33. The Morgan fingerprint density at radius 1 is 1.06 bits per heavy atom. The van der Waals surface area contributed by atoms with Gasteiger partial charge in [-0.25, -0.2) is 9.67 Å². The van der Waals surface area contributed by atoms with E-state index in [0.717, 1.165) is 47.7 Å². The third-order valence-electron chi connectivity index (χ3n) is 6.81. The number of rotatable bonds is 6. The van der Waals surface area contributed by atoms with Crippen LogP contribution in [-0.4, -0.2) is 55.8 Å². The zero-order chi connectivity index (χ0) is 24.6. The number of benzene rings is 1. The van der Waals surface area contributed by atoms with E-state index in [9.17, 15) is 0 Å². The zero-order valence-electron chi connectivity index (χ0n) is 20.8. The smallest absolute Gasteiger partial charge is 0.253 e. The predicted molar refractivity (Wildman–Crippen MR) is 138 cm³/mol. The number of ether oxygens (including phenoxy) is 1. The van der Waals surface area contributed by atoms with Crippen LogP contribution in [0.2, 0.25) is 0 Å². The number of anilines is 1. The first-order valence-corrected chi connectivity index (χ1v) is 12.4. The molecule has 184 valence electrons. The van der Waals surface area contributed by atoms with Gasteiger partial charge in [0.05, 0.1) is 19.4 Å². The number of fused-ring (bicyclic) bond motifs is 1. The maximum Gasteiger partial charge on any atom is 0.253 e. The second-order valence-corrected chi connectivity index (χ2v) is 9.25. The second kappa shape index (κ2) is 9.23. The molecule has 1 aliphatic rings. The monoisotopic (exact) mass is 483 g/mol. The standard InChI is InChI=1S/C27H29N7O2/c1-4-18(2)19-6-5-7-20(14-19)21-16-28-34(17-21)27-29-23-15-24(22-8-9-32(3)31-22)36-25(23)26(30-27)33-10-12-35-13-11-33/h5-9,14-18H,4,10-13H2,1-3H3. The summed E-state index contributed by atoms with van der Waals surface area (Å²) in [4.78, 5) is 11.9. The third kappa shape index (κ3) is 4.15. The van der Waals surface area contributed by atoms with Gasteiger partial charge in [0.2, 0.25) is 0 Å². The van der Waals surface area contributed by atoms with Crippen LogP contribution in [0, 0.1) is 0 Å². The van der Waals surface area contributed by atoms with Gasteiger partial charge in [-0.3, -0.25) is 4.68 Å². The molecule has 0 aliphatic carbocycles. The molecule has 1 aromatic carbocycles. The highest BCUT2D eigenvalue weighted by Gasteiger charge is 2.23. The second-order valence-electron chi connectivity index (χ2n) is 9.25. The van der Waals surface area contributed by atoms with Crippen LogP contribution in [0.5, 0.6) is 0 Å². The van der Waals surface area contributed by atoms with E-state index in [1.165, 1.54) is 5.56 Å². The molecule has 0 bridgehead atoms. The van der Waals surface area contributed by atoms with Gasteiger partial charge in [0.25, 0.3) is 5.95 Å². The normalized spacial score (nSPS) is 15.0. The minimum Gasteiger partial charge on any atom is -0.449 e. The summed E-state index contributed by atoms with van der Waals surface area (Å²) in [6.45, 7) is 7.23. The van der Waals surface area contributed by atoms with Crippen molar-refractivity contribution in [2.75, 3.05) is 31.2 Å². The van der Waals surface area contributed by atoms with Crippen LogP contribution in [0.1, 0.15) is 31.7 Å². The Balaban J connectivity index is 1.42. The maximum atomic E-state index is 6.25. The summed E-state index contributed by atoms with van der Waals surface area (Å²) in [6.07, 6.45) is 6.85. The first-order chi connectivity index (χ1) is 17.6. The molecule has 4 aromatic heterocycles. The molecule has 1 saturated heterocycles. The van der Waals surface area contributed by atoms with Crippen molar-refractivity contribution in [3.8, 4) is 28.5 Å². The van der Waals surface area contributed by atoms with Crippen molar-refractivity contribution in [2.45, 2.75) is 26.2 Å². The molecule has 1 unspecified atom stereocenters. The number of furan rings is 1. The van der Waals surface area contributed by atoms with Crippen molar-refractivity contribution in [2.24, 2.45) is 7.05 Å². The molecule has 5 heterocycles. The van der Waals surface area contributed by atoms with Gasteiger partial charge in [-0.1, -0.05) is 38.1 Å². The van der Waals surface area contributed by atoms with E-state index >= 15 is 0 Å². The van der Waals surface area contributed by atoms with E-state index in [1.807, 2.05) is 37.8 Å². The van der Waals surface area contributed by atoms with E-state index in [4.69, 9.17) is 19.1 Å². The summed E-state index contributed by atoms with van der Waals surface area (Å²) in [5.74, 6) is 2.42. The van der Waals surface area contributed by atoms with Gasteiger partial charge in [0, 0.05) is 44.2 Å². The average Bonchev–Trinajstić information content (AvgIpc) is 3.67. The molecular formula is C27H29N7O2. The molecule has 1 fully saturated rings. The molecule has 0 saturated carbocycles. The fourth-order valence-electron chi connectivity index (χ4n) is 4.51. The first kappa shape index (κ1) is 22.5. The SMILES string of the molecule is CCC(C)c1cccc(-c2cnn(-c3nc(N4CCOCC4)c4oc(-c5ccn(C)n5)cc4n3)c2)c1. The Bertz CT molecular complexity index is 1510. The number of morpholine rings is 1. The van der Waals surface area contributed by atoms with Crippen LogP contribution in [-0.2, 0) is 11.8 Å². The molecule has 1 atom stereocenters. The number of hydrogen-bond donors (Lipinski definition) is 0. The van der Waals surface area contributed by atoms with Crippen molar-refractivity contribution in [1.29, 1.82) is 0 Å². The molecular weight excluding hydrogens is 454 g/mol. The molecule has 6 rings (SSSR count). The fourth-order valence-corrected chi connectivity index (χ4v) is 4.51. The Hall–Kier alpha value is -3.98. The Morgan fingerprint density at radius 2 is 1.92 bits per heavy atom. The average molecular weight is 484 g/mol. The van der Waals surface area contributed by atoms with E-state index in [0.29, 0.717) is 36.4 Å². The van der Waals surface area contributed by atoms with E-state index in [2.05, 4.69) is 53.2 Å². The van der Waals surface area contributed by atoms with Crippen molar-refractivity contribution < 1.29 is 9.15 Å². The summed E-state index contributed by atoms with van der Waals surface area (Å²) in [6, 6.07) is 12.5. The summed E-state index contributed by atoms with van der Waals surface area (Å²) < 4.78 is 15.3. The molecule has 36 heavy (non-hydrogen) atoms. The van der Waals surface area contributed by atoms with E-state index in [1.54, 1.807) is 9.36 Å². The summed E-state index contributed by atoms with van der Waals surface area (Å²) in [5.41, 5.74) is 5.61. The Kier molecular flexibility index (Phi) is 5.77. The maximum absolute atomic E-state index is 6.25. The molecule has 0 amide bonds.